The van der Waals surface area contributed by atoms with Gasteiger partial charge in [0, 0.05) is 24.3 Å². The smallest absolute Gasteiger partial charge is 0.199 e. The van der Waals surface area contributed by atoms with Crippen molar-refractivity contribution in [1.29, 1.82) is 0 Å². The third-order valence-electron chi connectivity index (χ3n) is 11.5. The van der Waals surface area contributed by atoms with Crippen LogP contribution in [0.2, 0.25) is 0 Å². The van der Waals surface area contributed by atoms with E-state index in [1.54, 1.807) is 5.56 Å². The highest BCUT2D eigenvalue weighted by Gasteiger charge is 2.74. The van der Waals surface area contributed by atoms with Crippen molar-refractivity contribution in [2.24, 2.45) is 29.1 Å². The van der Waals surface area contributed by atoms with Gasteiger partial charge in [-0.15, -0.1) is 0 Å². The molecule has 40 heavy (non-hydrogen) atoms. The number of rotatable bonds is 4. The van der Waals surface area contributed by atoms with Crippen molar-refractivity contribution < 1.29 is 9.15 Å². The lowest BCUT2D eigenvalue weighted by Gasteiger charge is -2.38. The molecule has 6 aliphatic heterocycles. The van der Waals surface area contributed by atoms with Crippen LogP contribution in [0.4, 0.5) is 0 Å². The molecule has 0 radical (unpaired) electrons. The van der Waals surface area contributed by atoms with Crippen molar-refractivity contribution in [3.8, 4) is 0 Å². The first-order chi connectivity index (χ1) is 18.9. The quantitative estimate of drug-likeness (QED) is 0.420. The molecule has 4 nitrogen and oxygen atoms in total. The van der Waals surface area contributed by atoms with Gasteiger partial charge in [0.1, 0.15) is 0 Å². The molecular formula is C36H46N4+2. The van der Waals surface area contributed by atoms with Crippen LogP contribution in [0, 0.1) is 42.9 Å². The van der Waals surface area contributed by atoms with Crippen LogP contribution in [0.1, 0.15) is 109 Å². The summed E-state index contributed by atoms with van der Waals surface area (Å²) in [6.07, 6.45) is 13.8. The fourth-order valence-corrected chi connectivity index (χ4v) is 9.57. The van der Waals surface area contributed by atoms with Crippen molar-refractivity contribution in [3.05, 3.63) is 56.2 Å². The van der Waals surface area contributed by atoms with E-state index in [1.807, 2.05) is 0 Å². The highest BCUT2D eigenvalue weighted by molar-refractivity contribution is 6.12. The van der Waals surface area contributed by atoms with Crippen molar-refractivity contribution in [2.75, 3.05) is 0 Å². The summed E-state index contributed by atoms with van der Waals surface area (Å²) in [5.41, 5.74) is 13.6. The highest BCUT2D eigenvalue weighted by atomic mass is 15.6. The first-order valence-corrected chi connectivity index (χ1v) is 15.9. The lowest BCUT2D eigenvalue weighted by molar-refractivity contribution is -0.837. The van der Waals surface area contributed by atoms with Gasteiger partial charge in [-0.1, -0.05) is 64.5 Å². The number of aromatic nitrogens is 2. The number of hydrogen-bond donors (Lipinski definition) is 0. The minimum absolute atomic E-state index is 0.262. The fourth-order valence-electron chi connectivity index (χ4n) is 9.57. The van der Waals surface area contributed by atoms with Crippen LogP contribution in [0.5, 0.6) is 0 Å². The number of hydrogen-bond acceptors (Lipinski definition) is 0. The van der Waals surface area contributed by atoms with E-state index in [0.29, 0.717) is 29.6 Å². The van der Waals surface area contributed by atoms with Crippen LogP contribution in [0.15, 0.2) is 17.5 Å². The highest BCUT2D eigenvalue weighted by Crippen LogP contribution is 2.54. The molecule has 0 saturated carbocycles. The third-order valence-corrected chi connectivity index (χ3v) is 11.5. The molecule has 3 unspecified atom stereocenters. The van der Waals surface area contributed by atoms with Gasteiger partial charge in [-0.3, -0.25) is 0 Å². The predicted octanol–water partition coefficient (Wildman–Crippen LogP) is 6.12. The Morgan fingerprint density at radius 3 is 2.12 bits per heavy atom. The van der Waals surface area contributed by atoms with Gasteiger partial charge in [0.05, 0.1) is 45.8 Å². The maximum Gasteiger partial charge on any atom is 0.552 e. The molecular weight excluding hydrogens is 488 g/mol. The molecule has 6 aliphatic rings. The van der Waals surface area contributed by atoms with E-state index in [2.05, 4.69) is 118 Å². The topological polar surface area (TPSA) is 15.9 Å². The summed E-state index contributed by atoms with van der Waals surface area (Å²) >= 11 is 0. The minimum atomic E-state index is -0.457. The Balaban J connectivity index is 1.61. The molecule has 8 rings (SSSR count). The van der Waals surface area contributed by atoms with Gasteiger partial charge in [0.2, 0.25) is 0 Å². The molecule has 2 aromatic rings. The molecule has 0 aromatic carbocycles. The Labute approximate surface area is 239 Å². The van der Waals surface area contributed by atoms with Crippen molar-refractivity contribution >= 4 is 35.7 Å². The maximum atomic E-state index is 2.82. The van der Waals surface area contributed by atoms with E-state index in [4.69, 9.17) is 0 Å². The summed E-state index contributed by atoms with van der Waals surface area (Å²) in [5, 5.41) is 2.76. The Morgan fingerprint density at radius 1 is 0.875 bits per heavy atom. The van der Waals surface area contributed by atoms with Gasteiger partial charge in [-0.2, -0.15) is 9.13 Å². The molecule has 0 amide bonds. The summed E-state index contributed by atoms with van der Waals surface area (Å²) in [7, 11) is 0. The molecule has 0 aliphatic carbocycles. The van der Waals surface area contributed by atoms with Gasteiger partial charge in [0.15, 0.2) is 22.8 Å². The second-order valence-electron chi connectivity index (χ2n) is 14.9. The molecule has 4 heteroatoms. The maximum absolute atomic E-state index is 2.82. The molecule has 208 valence electrons. The molecule has 6 atom stereocenters. The van der Waals surface area contributed by atoms with Crippen molar-refractivity contribution in [3.63, 3.8) is 0 Å². The van der Waals surface area contributed by atoms with E-state index < -0.39 is 5.91 Å². The van der Waals surface area contributed by atoms with Crippen LogP contribution in [0.3, 0.4) is 0 Å². The van der Waals surface area contributed by atoms with Gasteiger partial charge in [-0.05, 0) is 67.2 Å². The average molecular weight is 535 g/mol. The largest absolute Gasteiger partial charge is 0.552 e. The number of allylic oxidation sites excluding steroid dienone is 2. The first kappa shape index (κ1) is 24.9. The summed E-state index contributed by atoms with van der Waals surface area (Å²) < 4.78 is 11.1. The second-order valence-corrected chi connectivity index (χ2v) is 14.9. The molecule has 8 heterocycles. The van der Waals surface area contributed by atoms with Gasteiger partial charge in [0.25, 0.3) is 0 Å². The lowest BCUT2D eigenvalue weighted by atomic mass is 9.77. The Hall–Kier alpha value is -2.88. The van der Waals surface area contributed by atoms with Gasteiger partial charge < -0.3 is 0 Å². The summed E-state index contributed by atoms with van der Waals surface area (Å²) in [4.78, 5) is 0. The van der Waals surface area contributed by atoms with Crippen LogP contribution in [0.25, 0.3) is 24.3 Å². The predicted molar refractivity (Wildman–Crippen MR) is 165 cm³/mol. The van der Waals surface area contributed by atoms with Crippen LogP contribution in [-0.4, -0.2) is 29.7 Å². The molecule has 2 aromatic heterocycles. The van der Waals surface area contributed by atoms with Gasteiger partial charge >= 0.3 is 5.91 Å². The molecule has 0 bridgehead atoms. The van der Waals surface area contributed by atoms with Crippen molar-refractivity contribution in [2.45, 2.75) is 100 Å². The Morgan fingerprint density at radius 2 is 1.50 bits per heavy atom. The summed E-state index contributed by atoms with van der Waals surface area (Å²) in [6, 6.07) is 2.47. The van der Waals surface area contributed by atoms with E-state index in [0.717, 1.165) is 12.8 Å². The zero-order valence-corrected chi connectivity index (χ0v) is 26.2. The van der Waals surface area contributed by atoms with E-state index >= 15 is 0 Å². The minimum Gasteiger partial charge on any atom is -0.199 e. The zero-order chi connectivity index (χ0) is 28.2. The molecule has 0 N–H and O–H groups in total. The van der Waals surface area contributed by atoms with Crippen molar-refractivity contribution in [1.82, 2.24) is 9.13 Å². The summed E-state index contributed by atoms with van der Waals surface area (Å²) in [6.45, 7) is 24.1. The first-order valence-electron chi connectivity index (χ1n) is 15.9. The average Bonchev–Trinajstić information content (AvgIpc) is 3.55. The second kappa shape index (κ2) is 7.49. The fraction of sp³-hybridized carbons (Fsp3) is 0.556. The summed E-state index contributed by atoms with van der Waals surface area (Å²) in [5.74, 6) is 2.06. The standard InChI is InChI=1S/C36H46N4/c1-11-19(3)34-23(7)30-16-28-22(6)26(18-35(8,9)10)31-14-24-13-20(4)27-15-32-25(12-2)21(5)29-17-33(34)40(30)36(37(24)27,38(28)31)39(29)32/h13-17,19,21-22,25-26H,11-12,18H2,1-10H3/q+2/t19-,21?,22?,25?,26+,36+/m1/s1. The SMILES string of the molecule is CCC1C2=[N+]3C(=Cc4c([C@H](C)CC)c(C)c5n4[C@]34n3c(cc(C)c3=C2)=CC2=[N+]4C(=C5)C(C)[C@@H]2CC(C)(C)C)C1C. The monoisotopic (exact) mass is 534 g/mol. The molecule has 0 fully saturated rings. The van der Waals surface area contributed by atoms with Crippen LogP contribution >= 0.6 is 0 Å². The van der Waals surface area contributed by atoms with Gasteiger partial charge in [-0.25, -0.2) is 0 Å². The van der Waals surface area contributed by atoms with E-state index in [9.17, 15) is 0 Å². The third kappa shape index (κ3) is 2.57. The van der Waals surface area contributed by atoms with Crippen LogP contribution in [-0.2, 0) is 5.91 Å². The zero-order valence-electron chi connectivity index (χ0n) is 26.2. The van der Waals surface area contributed by atoms with E-state index in [1.165, 1.54) is 62.5 Å². The molecule has 1 spiro atoms. The number of nitrogens with zero attached hydrogens (tertiary/aromatic N) is 4. The Bertz CT molecular complexity index is 1810. The normalized spacial score (nSPS) is 31.1. The van der Waals surface area contributed by atoms with E-state index in [-0.39, 0.29) is 5.41 Å². The van der Waals surface area contributed by atoms with Crippen LogP contribution < -0.4 is 10.7 Å². The lowest BCUT2D eigenvalue weighted by Crippen LogP contribution is -2.69. The molecule has 0 saturated heterocycles. The Kier molecular flexibility index (Phi) is 4.66. The number of aryl methyl sites for hydroxylation is 1.